The number of hydrogen-bond donors (Lipinski definition) is 3. The van der Waals surface area contributed by atoms with Gasteiger partial charge in [0.25, 0.3) is 11.8 Å². The van der Waals surface area contributed by atoms with Crippen molar-refractivity contribution in [3.63, 3.8) is 0 Å². The van der Waals surface area contributed by atoms with Crippen molar-refractivity contribution >= 4 is 33.8 Å². The van der Waals surface area contributed by atoms with Crippen molar-refractivity contribution < 1.29 is 14.4 Å². The molecule has 1 heterocycles. The molecule has 3 N–H and O–H groups in total. The third kappa shape index (κ3) is 4.38. The molecule has 1 aromatic heterocycles. The monoisotopic (exact) mass is 362 g/mol. The van der Waals surface area contributed by atoms with Gasteiger partial charge in [0.15, 0.2) is 0 Å². The summed E-state index contributed by atoms with van der Waals surface area (Å²) < 4.78 is 0.818. The van der Waals surface area contributed by atoms with Gasteiger partial charge >= 0.3 is 6.03 Å². The minimum absolute atomic E-state index is 0.318. The summed E-state index contributed by atoms with van der Waals surface area (Å²) >= 11 is 3.25. The highest BCUT2D eigenvalue weighted by Gasteiger charge is 2.11. The van der Waals surface area contributed by atoms with E-state index >= 15 is 0 Å². The summed E-state index contributed by atoms with van der Waals surface area (Å²) in [5.41, 5.74) is 4.92. The van der Waals surface area contributed by atoms with Crippen LogP contribution >= 0.6 is 15.9 Å². The molecule has 0 spiro atoms. The van der Waals surface area contributed by atoms with E-state index in [9.17, 15) is 14.4 Å². The summed E-state index contributed by atoms with van der Waals surface area (Å²) in [6.07, 6.45) is 2.90. The third-order valence-corrected chi connectivity index (χ3v) is 3.09. The number of nitrogens with one attached hydrogen (secondary N) is 3. The summed E-state index contributed by atoms with van der Waals surface area (Å²) in [6.45, 7) is 0. The van der Waals surface area contributed by atoms with Crippen LogP contribution in [0.4, 0.5) is 4.79 Å². The molecule has 4 amide bonds. The van der Waals surface area contributed by atoms with E-state index in [1.54, 1.807) is 24.3 Å². The SMILES string of the molecule is O=C(NNC(=O)c1ccncc1)NC(=O)c1ccc(Br)cc1. The van der Waals surface area contributed by atoms with Gasteiger partial charge in [0, 0.05) is 28.0 Å². The van der Waals surface area contributed by atoms with Crippen LogP contribution in [0, 0.1) is 0 Å². The smallest absolute Gasteiger partial charge is 0.273 e. The molecule has 0 aliphatic rings. The van der Waals surface area contributed by atoms with Crippen LogP contribution in [-0.2, 0) is 0 Å². The minimum atomic E-state index is -0.838. The van der Waals surface area contributed by atoms with Gasteiger partial charge in [-0.15, -0.1) is 0 Å². The van der Waals surface area contributed by atoms with Gasteiger partial charge in [0.05, 0.1) is 0 Å². The molecule has 0 unspecified atom stereocenters. The Balaban J connectivity index is 1.84. The van der Waals surface area contributed by atoms with Gasteiger partial charge in [-0.05, 0) is 36.4 Å². The van der Waals surface area contributed by atoms with E-state index < -0.39 is 17.8 Å². The summed E-state index contributed by atoms with van der Waals surface area (Å²) in [7, 11) is 0. The number of carbonyl (C=O) groups excluding carboxylic acids is 3. The fraction of sp³-hybridized carbons (Fsp3) is 0. The van der Waals surface area contributed by atoms with Gasteiger partial charge in [-0.25, -0.2) is 10.2 Å². The molecule has 0 saturated heterocycles. The lowest BCUT2D eigenvalue weighted by Gasteiger charge is -2.08. The lowest BCUT2D eigenvalue weighted by molar-refractivity contribution is 0.0918. The number of urea groups is 1. The normalized spacial score (nSPS) is 9.68. The third-order valence-electron chi connectivity index (χ3n) is 2.57. The second-order valence-electron chi connectivity index (χ2n) is 4.11. The first-order chi connectivity index (χ1) is 10.6. The molecule has 7 nitrogen and oxygen atoms in total. The first-order valence-electron chi connectivity index (χ1n) is 6.13. The van der Waals surface area contributed by atoms with Crippen molar-refractivity contribution in [1.82, 2.24) is 21.2 Å². The van der Waals surface area contributed by atoms with Gasteiger partial charge in [-0.2, -0.15) is 0 Å². The maximum atomic E-state index is 11.8. The first-order valence-corrected chi connectivity index (χ1v) is 6.93. The Morgan fingerprint density at radius 2 is 1.41 bits per heavy atom. The number of nitrogens with zero attached hydrogens (tertiary/aromatic N) is 1. The number of hydrazine groups is 1. The number of carbonyl (C=O) groups is 3. The topological polar surface area (TPSA) is 100 Å². The largest absolute Gasteiger partial charge is 0.340 e. The zero-order chi connectivity index (χ0) is 15.9. The van der Waals surface area contributed by atoms with Gasteiger partial charge < -0.3 is 0 Å². The van der Waals surface area contributed by atoms with Gasteiger partial charge in [-0.1, -0.05) is 15.9 Å². The van der Waals surface area contributed by atoms with Crippen molar-refractivity contribution in [2.45, 2.75) is 0 Å². The maximum Gasteiger partial charge on any atom is 0.340 e. The van der Waals surface area contributed by atoms with Gasteiger partial charge in [0.2, 0.25) is 0 Å². The molecule has 0 fully saturated rings. The summed E-state index contributed by atoms with van der Waals surface area (Å²) in [5.74, 6) is -1.10. The Hall–Kier alpha value is -2.74. The summed E-state index contributed by atoms with van der Waals surface area (Å²) in [5, 5.41) is 2.09. The molecule has 0 saturated carbocycles. The molecule has 8 heteroatoms. The predicted molar refractivity (Wildman–Crippen MR) is 81.8 cm³/mol. The van der Waals surface area contributed by atoms with Crippen LogP contribution in [0.1, 0.15) is 20.7 Å². The maximum absolute atomic E-state index is 11.8. The van der Waals surface area contributed by atoms with E-state index in [0.29, 0.717) is 11.1 Å². The first kappa shape index (κ1) is 15.6. The quantitative estimate of drug-likeness (QED) is 0.706. The van der Waals surface area contributed by atoms with E-state index in [0.717, 1.165) is 4.47 Å². The second-order valence-corrected chi connectivity index (χ2v) is 5.02. The molecular formula is C14H11BrN4O3. The van der Waals surface area contributed by atoms with Crippen molar-refractivity contribution in [1.29, 1.82) is 0 Å². The van der Waals surface area contributed by atoms with E-state index in [4.69, 9.17) is 0 Å². The molecule has 2 rings (SSSR count). The summed E-state index contributed by atoms with van der Waals surface area (Å²) in [4.78, 5) is 38.8. The fourth-order valence-electron chi connectivity index (χ4n) is 1.50. The number of halogens is 1. The number of amides is 4. The van der Waals surface area contributed by atoms with Crippen LogP contribution < -0.4 is 16.2 Å². The Kier molecular flexibility index (Phi) is 5.21. The van der Waals surface area contributed by atoms with E-state index in [2.05, 4.69) is 37.1 Å². The molecule has 0 radical (unpaired) electrons. The van der Waals surface area contributed by atoms with Crippen LogP contribution in [0.25, 0.3) is 0 Å². The van der Waals surface area contributed by atoms with E-state index in [-0.39, 0.29) is 0 Å². The predicted octanol–water partition coefficient (Wildman–Crippen LogP) is 1.63. The highest BCUT2D eigenvalue weighted by atomic mass is 79.9. The lowest BCUT2D eigenvalue weighted by Crippen LogP contribution is -2.48. The number of rotatable bonds is 2. The number of imide groups is 1. The Labute approximate surface area is 134 Å². The molecule has 0 aliphatic carbocycles. The van der Waals surface area contributed by atoms with Gasteiger partial charge in [0.1, 0.15) is 0 Å². The molecule has 0 aliphatic heterocycles. The molecule has 112 valence electrons. The van der Waals surface area contributed by atoms with Crippen molar-refractivity contribution in [3.8, 4) is 0 Å². The minimum Gasteiger partial charge on any atom is -0.273 e. The average molecular weight is 363 g/mol. The second kappa shape index (κ2) is 7.32. The highest BCUT2D eigenvalue weighted by molar-refractivity contribution is 9.10. The number of benzene rings is 1. The zero-order valence-corrected chi connectivity index (χ0v) is 12.8. The highest BCUT2D eigenvalue weighted by Crippen LogP contribution is 2.10. The lowest BCUT2D eigenvalue weighted by atomic mass is 10.2. The fourth-order valence-corrected chi connectivity index (χ4v) is 1.76. The van der Waals surface area contributed by atoms with E-state index in [1.165, 1.54) is 24.5 Å². The Bertz CT molecular complexity index is 689. The zero-order valence-electron chi connectivity index (χ0n) is 11.2. The summed E-state index contributed by atoms with van der Waals surface area (Å²) in [6, 6.07) is 8.61. The number of pyridine rings is 1. The van der Waals surface area contributed by atoms with Crippen molar-refractivity contribution in [2.24, 2.45) is 0 Å². The van der Waals surface area contributed by atoms with Gasteiger partial charge in [-0.3, -0.25) is 25.3 Å². The molecular weight excluding hydrogens is 352 g/mol. The Morgan fingerprint density at radius 3 is 2.05 bits per heavy atom. The van der Waals surface area contributed by atoms with E-state index in [1.807, 2.05) is 0 Å². The molecule has 0 bridgehead atoms. The van der Waals surface area contributed by atoms with Crippen molar-refractivity contribution in [3.05, 3.63) is 64.4 Å². The van der Waals surface area contributed by atoms with Crippen LogP contribution in [0.2, 0.25) is 0 Å². The van der Waals surface area contributed by atoms with Crippen LogP contribution in [0.5, 0.6) is 0 Å². The van der Waals surface area contributed by atoms with Crippen LogP contribution in [0.15, 0.2) is 53.3 Å². The van der Waals surface area contributed by atoms with Crippen molar-refractivity contribution in [2.75, 3.05) is 0 Å². The number of hydrogen-bond acceptors (Lipinski definition) is 4. The Morgan fingerprint density at radius 1 is 0.818 bits per heavy atom. The molecule has 1 aromatic carbocycles. The number of aromatic nitrogens is 1. The molecule has 2 aromatic rings. The standard InChI is InChI=1S/C14H11BrN4O3/c15-11-3-1-9(2-4-11)12(20)17-14(22)19-18-13(21)10-5-7-16-8-6-10/h1-8H,(H,18,21)(H2,17,19,20,22). The van der Waals surface area contributed by atoms with Crippen LogP contribution in [0.3, 0.4) is 0 Å². The molecule has 0 atom stereocenters. The molecule has 22 heavy (non-hydrogen) atoms. The average Bonchev–Trinajstić information content (AvgIpc) is 2.54. The van der Waals surface area contributed by atoms with Crippen LogP contribution in [-0.4, -0.2) is 22.8 Å².